The van der Waals surface area contributed by atoms with Crippen molar-refractivity contribution < 1.29 is 34.6 Å². The van der Waals surface area contributed by atoms with Crippen LogP contribution in [0.5, 0.6) is 0 Å². The maximum Gasteiger partial charge on any atom is 0.137 e. The largest absolute Gasteiger partial charge is 0.456 e. The second kappa shape index (κ2) is 12.5. The summed E-state index contributed by atoms with van der Waals surface area (Å²) in [6.45, 7) is 0. The molecule has 9 aromatic carbocycles. The van der Waals surface area contributed by atoms with Crippen LogP contribution >= 0.6 is 0 Å². The van der Waals surface area contributed by atoms with Crippen LogP contribution in [0.3, 0.4) is 0 Å². The first-order valence-electron chi connectivity index (χ1n) is 28.7. The Balaban J connectivity index is 1.21. The summed E-state index contributed by atoms with van der Waals surface area (Å²) in [5.41, 5.74) is -1.68. The molecule has 0 aliphatic heterocycles. The Morgan fingerprint density at radius 2 is 1.09 bits per heavy atom. The van der Waals surface area contributed by atoms with E-state index in [0.29, 0.717) is 11.3 Å². The van der Waals surface area contributed by atoms with Crippen molar-refractivity contribution in [3.8, 4) is 44.8 Å². The molecule has 3 nitrogen and oxygen atoms in total. The van der Waals surface area contributed by atoms with Crippen LogP contribution in [0, 0.1) is 0 Å². The van der Waals surface area contributed by atoms with Crippen LogP contribution < -0.4 is 0 Å². The number of nitrogens with zero attached hydrogens (tertiary/aromatic N) is 2. The normalized spacial score (nSPS) is 17.3. The van der Waals surface area contributed by atoms with E-state index >= 15 is 0 Å². The van der Waals surface area contributed by atoms with Crippen molar-refractivity contribution in [3.05, 3.63) is 206 Å². The van der Waals surface area contributed by atoms with Crippen LogP contribution in [0.2, 0.25) is 0 Å². The van der Waals surface area contributed by atoms with Gasteiger partial charge >= 0.3 is 0 Å². The average molecular weight is 749 g/mol. The van der Waals surface area contributed by atoms with Gasteiger partial charge in [-0.1, -0.05) is 139 Å². The molecule has 0 aliphatic carbocycles. The van der Waals surface area contributed by atoms with Gasteiger partial charge in [-0.05, 0) is 93.9 Å². The predicted molar refractivity (Wildman–Crippen MR) is 239 cm³/mol. The molecule has 0 N–H and O–H groups in total. The van der Waals surface area contributed by atoms with Gasteiger partial charge in [-0.25, -0.2) is 0 Å². The van der Waals surface area contributed by atoms with E-state index in [1.165, 1.54) is 22.8 Å². The highest BCUT2D eigenvalue weighted by atomic mass is 16.3. The van der Waals surface area contributed by atoms with Gasteiger partial charge in [-0.2, -0.15) is 0 Å². The Kier molecular flexibility index (Phi) is 3.72. The van der Waals surface area contributed by atoms with Gasteiger partial charge in [0, 0.05) is 49.7 Å². The van der Waals surface area contributed by atoms with Gasteiger partial charge in [-0.3, -0.25) is 0 Å². The van der Waals surface area contributed by atoms with E-state index in [-0.39, 0.29) is 76.8 Å². The summed E-state index contributed by atoms with van der Waals surface area (Å²) in [6, 6.07) is 5.53. The third kappa shape index (κ3) is 4.86. The molecule has 12 aromatic rings. The summed E-state index contributed by atoms with van der Waals surface area (Å²) in [7, 11) is 0. The van der Waals surface area contributed by atoms with Gasteiger partial charge in [0.25, 0.3) is 0 Å². The van der Waals surface area contributed by atoms with Crippen LogP contribution in [0.15, 0.2) is 210 Å². The Bertz CT molecular complexity index is 4780. The maximum absolute atomic E-state index is 10.1. The molecule has 3 aromatic heterocycles. The molecule has 0 atom stereocenters. The van der Waals surface area contributed by atoms with Gasteiger partial charge in [0.15, 0.2) is 0 Å². The zero-order valence-corrected chi connectivity index (χ0v) is 29.2. The molecule has 0 radical (unpaired) electrons. The molecular formula is C54H34N2O. The van der Waals surface area contributed by atoms with E-state index in [9.17, 15) is 13.7 Å². The van der Waals surface area contributed by atoms with Crippen molar-refractivity contribution in [2.24, 2.45) is 0 Å². The smallest absolute Gasteiger partial charge is 0.137 e. The SMILES string of the molecule is [2H]c1cc2c3c(-c4c([2H])c([2H])c5c(c4[2H])c4c([2H])c([2H])c([2H])c([2H])c4n5-c4ccc5c(oc6c([2H])c([2H])c([2H])c(-c7c([2H])c([2H])c([2H])c([2H])c7[2H])c65)c4[2H])c([2H])c([2H])c([2H])c3n(-c3cccc(-c4ccccc4)c3)c2c([2H])c1[2H]. The molecular weight excluding hydrogens is 693 g/mol. The van der Waals surface area contributed by atoms with Crippen molar-refractivity contribution in [2.75, 3.05) is 0 Å². The topological polar surface area (TPSA) is 23.0 Å². The molecule has 0 spiro atoms. The van der Waals surface area contributed by atoms with E-state index in [2.05, 4.69) is 0 Å². The first kappa shape index (κ1) is 17.0. The van der Waals surface area contributed by atoms with Gasteiger partial charge in [0.05, 0.1) is 52.2 Å². The first-order chi connectivity index (χ1) is 37.4. The summed E-state index contributed by atoms with van der Waals surface area (Å²) < 4.78 is 209. The van der Waals surface area contributed by atoms with E-state index in [1.54, 1.807) is 18.2 Å². The number of hydrogen-bond donors (Lipinski definition) is 0. The minimum Gasteiger partial charge on any atom is -0.456 e. The number of rotatable bonds is 5. The second-order valence-corrected chi connectivity index (χ2v) is 13.2. The lowest BCUT2D eigenvalue weighted by Crippen LogP contribution is -1.94. The Hall–Kier alpha value is -7.62. The fraction of sp³-hybridized carbons (Fsp3) is 0. The summed E-state index contributed by atoms with van der Waals surface area (Å²) in [4.78, 5) is 0. The Labute approximate surface area is 359 Å². The molecule has 12 rings (SSSR count). The number of hydrogen-bond acceptors (Lipinski definition) is 1. The Morgan fingerprint density at radius 1 is 0.368 bits per heavy atom. The Morgan fingerprint density at radius 3 is 1.98 bits per heavy atom. The van der Waals surface area contributed by atoms with Crippen molar-refractivity contribution in [1.82, 2.24) is 9.13 Å². The molecule has 3 heteroatoms. The molecule has 0 unspecified atom stereocenters. The third-order valence-electron chi connectivity index (χ3n) is 10.1. The summed E-state index contributed by atoms with van der Waals surface area (Å²) in [6.07, 6.45) is 0. The fourth-order valence-corrected chi connectivity index (χ4v) is 7.68. The lowest BCUT2D eigenvalue weighted by atomic mass is 9.98. The molecule has 0 amide bonds. The minimum absolute atomic E-state index is 0.00302. The molecule has 0 saturated heterocycles. The van der Waals surface area contributed by atoms with Gasteiger partial charge < -0.3 is 13.6 Å². The zero-order chi connectivity index (χ0) is 56.6. The summed E-state index contributed by atoms with van der Waals surface area (Å²) in [5.74, 6) is 0. The van der Waals surface area contributed by atoms with Crippen LogP contribution in [0.25, 0.3) is 110 Å². The number of benzene rings is 9. The lowest BCUT2D eigenvalue weighted by Gasteiger charge is -2.11. The number of furan rings is 1. The fourth-order valence-electron chi connectivity index (χ4n) is 7.68. The van der Waals surface area contributed by atoms with Gasteiger partial charge in [0.2, 0.25) is 0 Å². The summed E-state index contributed by atoms with van der Waals surface area (Å²) >= 11 is 0. The van der Waals surface area contributed by atoms with E-state index in [1.807, 2.05) is 36.4 Å². The van der Waals surface area contributed by atoms with Crippen molar-refractivity contribution >= 4 is 65.6 Å². The molecule has 3 heterocycles. The first-order valence-corrected chi connectivity index (χ1v) is 17.7. The predicted octanol–water partition coefficient (Wildman–Crippen LogP) is 14.8. The van der Waals surface area contributed by atoms with E-state index < -0.39 is 150 Å². The van der Waals surface area contributed by atoms with Gasteiger partial charge in [-0.15, -0.1) is 0 Å². The van der Waals surface area contributed by atoms with Crippen LogP contribution in [-0.2, 0) is 0 Å². The highest BCUT2D eigenvalue weighted by molar-refractivity contribution is 6.18. The summed E-state index contributed by atoms with van der Waals surface area (Å²) in [5, 5.41) is -0.937. The number of aromatic nitrogens is 2. The van der Waals surface area contributed by atoms with E-state index in [4.69, 9.17) is 20.9 Å². The average Bonchev–Trinajstić information content (AvgIpc) is 3.75. The molecule has 0 saturated carbocycles. The zero-order valence-electron chi connectivity index (χ0n) is 51.2. The van der Waals surface area contributed by atoms with Gasteiger partial charge in [0.1, 0.15) is 11.2 Å². The quantitative estimate of drug-likeness (QED) is 0.172. The molecule has 0 bridgehead atoms. The van der Waals surface area contributed by atoms with Crippen molar-refractivity contribution in [3.63, 3.8) is 0 Å². The minimum atomic E-state index is -0.769. The van der Waals surface area contributed by atoms with Crippen LogP contribution in [0.4, 0.5) is 0 Å². The van der Waals surface area contributed by atoms with Crippen molar-refractivity contribution in [2.45, 2.75) is 0 Å². The van der Waals surface area contributed by atoms with Crippen molar-refractivity contribution in [1.29, 1.82) is 0 Å². The highest BCUT2D eigenvalue weighted by Gasteiger charge is 2.20. The number of fused-ring (bicyclic) bond motifs is 9. The second-order valence-electron chi connectivity index (χ2n) is 13.2. The molecule has 57 heavy (non-hydrogen) atoms. The lowest BCUT2D eigenvalue weighted by molar-refractivity contribution is 0.668. The monoisotopic (exact) mass is 748 g/mol. The third-order valence-corrected chi connectivity index (χ3v) is 10.1. The van der Waals surface area contributed by atoms with Crippen LogP contribution in [0.1, 0.15) is 30.2 Å². The molecule has 266 valence electrons. The van der Waals surface area contributed by atoms with E-state index in [0.717, 1.165) is 10.1 Å². The molecule has 0 fully saturated rings. The highest BCUT2D eigenvalue weighted by Crippen LogP contribution is 2.43. The van der Waals surface area contributed by atoms with Crippen LogP contribution in [-0.4, -0.2) is 9.13 Å². The maximum atomic E-state index is 10.1. The standard InChI is InChI=1S/C54H34N2O/c1-3-14-35(15-4-1)37-18-11-19-39(32-37)56-48-25-10-8-21-44(48)53-42(22-12-26-50(53)56)38-28-31-49-46(33-38)43-20-7-9-24-47(43)55(49)40-29-30-45-52(34-40)57-51-27-13-23-41(54(45)51)36-16-5-2-6-17-36/h1-34H/i2D,5D,6D,7D,8D,9D,10D,12D,13D,16D,17D,20D,22D,23D,24D,25D,26D,27D,28D,31D,33D,34D. The number of para-hydroxylation sites is 2. The molecule has 0 aliphatic rings.